The Balaban J connectivity index is 1.44. The average Bonchev–Trinajstić information content (AvgIpc) is 2.58. The molecule has 1 aromatic rings. The number of benzene rings is 1. The Hall–Kier alpha value is -1.02. The normalized spacial score (nSPS) is 14.9. The molecule has 1 aliphatic heterocycles. The number of likely N-dealkylation sites (tertiary alicyclic amines) is 1. The molecular formula is C20H30ClNO. The van der Waals surface area contributed by atoms with Crippen molar-refractivity contribution in [3.05, 3.63) is 34.9 Å². The minimum Gasteiger partial charge on any atom is -0.343 e. The van der Waals surface area contributed by atoms with E-state index in [0.717, 1.165) is 37.4 Å². The molecule has 2 rings (SSSR count). The fourth-order valence-electron chi connectivity index (χ4n) is 3.31. The van der Waals surface area contributed by atoms with E-state index in [-0.39, 0.29) is 0 Å². The Morgan fingerprint density at radius 3 is 2.39 bits per heavy atom. The molecule has 1 aromatic carbocycles. The van der Waals surface area contributed by atoms with Crippen LogP contribution in [0.2, 0.25) is 5.02 Å². The van der Waals surface area contributed by atoms with Gasteiger partial charge in [-0.25, -0.2) is 0 Å². The van der Waals surface area contributed by atoms with Gasteiger partial charge in [0.2, 0.25) is 5.91 Å². The second-order valence-electron chi connectivity index (χ2n) is 6.69. The van der Waals surface area contributed by atoms with Crippen LogP contribution in [0, 0.1) is 0 Å². The molecule has 23 heavy (non-hydrogen) atoms. The van der Waals surface area contributed by atoms with Gasteiger partial charge in [0.25, 0.3) is 0 Å². The molecule has 0 radical (unpaired) electrons. The maximum Gasteiger partial charge on any atom is 0.222 e. The summed E-state index contributed by atoms with van der Waals surface area (Å²) in [6, 6.07) is 8.17. The molecule has 1 amide bonds. The molecule has 0 aliphatic carbocycles. The number of halogens is 1. The van der Waals surface area contributed by atoms with Crippen LogP contribution in [0.5, 0.6) is 0 Å². The van der Waals surface area contributed by atoms with Gasteiger partial charge in [-0.05, 0) is 56.2 Å². The molecule has 1 heterocycles. The number of amides is 1. The monoisotopic (exact) mass is 335 g/mol. The molecule has 0 bridgehead atoms. The lowest BCUT2D eigenvalue weighted by molar-refractivity contribution is -0.132. The summed E-state index contributed by atoms with van der Waals surface area (Å²) in [7, 11) is 0. The quantitative estimate of drug-likeness (QED) is 0.536. The van der Waals surface area contributed by atoms with Crippen molar-refractivity contribution in [1.29, 1.82) is 0 Å². The smallest absolute Gasteiger partial charge is 0.222 e. The zero-order valence-electron chi connectivity index (χ0n) is 14.2. The molecule has 128 valence electrons. The molecule has 0 aromatic heterocycles. The zero-order chi connectivity index (χ0) is 16.3. The van der Waals surface area contributed by atoms with E-state index in [9.17, 15) is 4.79 Å². The van der Waals surface area contributed by atoms with E-state index in [4.69, 9.17) is 11.6 Å². The van der Waals surface area contributed by atoms with Gasteiger partial charge >= 0.3 is 0 Å². The molecule has 2 nitrogen and oxygen atoms in total. The van der Waals surface area contributed by atoms with E-state index in [2.05, 4.69) is 17.0 Å². The number of unbranched alkanes of at least 4 members (excludes halogenated alkanes) is 5. The maximum atomic E-state index is 12.0. The summed E-state index contributed by atoms with van der Waals surface area (Å²) in [4.78, 5) is 14.1. The van der Waals surface area contributed by atoms with Crippen LogP contribution in [0.1, 0.15) is 69.8 Å². The third-order valence-electron chi connectivity index (χ3n) is 4.70. The summed E-state index contributed by atoms with van der Waals surface area (Å²) in [6.07, 6.45) is 12.8. The lowest BCUT2D eigenvalue weighted by Gasteiger charge is -2.26. The van der Waals surface area contributed by atoms with Gasteiger partial charge in [-0.2, -0.15) is 0 Å². The summed E-state index contributed by atoms with van der Waals surface area (Å²) in [5.41, 5.74) is 1.34. The first-order valence-corrected chi connectivity index (χ1v) is 9.66. The molecule has 1 aliphatic rings. The highest BCUT2D eigenvalue weighted by atomic mass is 35.5. The highest BCUT2D eigenvalue weighted by Gasteiger charge is 2.15. The van der Waals surface area contributed by atoms with E-state index < -0.39 is 0 Å². The minimum atomic E-state index is 0.380. The second kappa shape index (κ2) is 10.7. The first-order chi connectivity index (χ1) is 11.3. The summed E-state index contributed by atoms with van der Waals surface area (Å²) in [5.74, 6) is 0.380. The van der Waals surface area contributed by atoms with E-state index in [1.165, 1.54) is 56.9 Å². The van der Waals surface area contributed by atoms with E-state index in [1.807, 2.05) is 12.1 Å². The van der Waals surface area contributed by atoms with Crippen molar-refractivity contribution in [2.45, 2.75) is 70.6 Å². The Bertz CT molecular complexity index is 468. The van der Waals surface area contributed by atoms with Gasteiger partial charge in [-0.3, -0.25) is 4.79 Å². The van der Waals surface area contributed by atoms with E-state index in [1.54, 1.807) is 0 Å². The summed E-state index contributed by atoms with van der Waals surface area (Å²) >= 11 is 5.99. The summed E-state index contributed by atoms with van der Waals surface area (Å²) < 4.78 is 0. The number of carbonyl (C=O) groups is 1. The van der Waals surface area contributed by atoms with Gasteiger partial charge in [-0.1, -0.05) is 49.4 Å². The minimum absolute atomic E-state index is 0.380. The molecule has 3 heteroatoms. The number of hydrogen-bond acceptors (Lipinski definition) is 1. The lowest BCUT2D eigenvalue weighted by atomic mass is 10.0. The Morgan fingerprint density at radius 2 is 1.65 bits per heavy atom. The number of hydrogen-bond donors (Lipinski definition) is 0. The number of piperidine rings is 1. The molecule has 0 spiro atoms. The maximum absolute atomic E-state index is 12.0. The van der Waals surface area contributed by atoms with E-state index in [0.29, 0.717) is 5.91 Å². The highest BCUT2D eigenvalue weighted by molar-refractivity contribution is 6.30. The fraction of sp³-hybridized carbons (Fsp3) is 0.650. The van der Waals surface area contributed by atoms with Gasteiger partial charge in [0.05, 0.1) is 0 Å². The van der Waals surface area contributed by atoms with Crippen LogP contribution < -0.4 is 0 Å². The largest absolute Gasteiger partial charge is 0.343 e. The average molecular weight is 336 g/mol. The summed E-state index contributed by atoms with van der Waals surface area (Å²) in [6.45, 7) is 1.98. The SMILES string of the molecule is O=C(CCCCCCCCc1cccc(Cl)c1)N1CCCCC1. The zero-order valence-corrected chi connectivity index (χ0v) is 15.0. The van der Waals surface area contributed by atoms with Crippen LogP contribution in [-0.4, -0.2) is 23.9 Å². The van der Waals surface area contributed by atoms with Gasteiger partial charge in [0, 0.05) is 24.5 Å². The molecule has 0 unspecified atom stereocenters. The number of rotatable bonds is 9. The van der Waals surface area contributed by atoms with Crippen molar-refractivity contribution >= 4 is 17.5 Å². The molecule has 0 saturated carbocycles. The molecule has 1 saturated heterocycles. The van der Waals surface area contributed by atoms with Crippen LogP contribution in [-0.2, 0) is 11.2 Å². The van der Waals surface area contributed by atoms with Crippen LogP contribution in [0.15, 0.2) is 24.3 Å². The predicted octanol–water partition coefficient (Wildman–Crippen LogP) is 5.63. The van der Waals surface area contributed by atoms with Crippen molar-refractivity contribution in [1.82, 2.24) is 4.90 Å². The lowest BCUT2D eigenvalue weighted by Crippen LogP contribution is -2.35. The topological polar surface area (TPSA) is 20.3 Å². The third kappa shape index (κ3) is 7.39. The highest BCUT2D eigenvalue weighted by Crippen LogP contribution is 2.15. The summed E-state index contributed by atoms with van der Waals surface area (Å²) in [5, 5.41) is 0.834. The van der Waals surface area contributed by atoms with Crippen molar-refractivity contribution in [3.63, 3.8) is 0 Å². The van der Waals surface area contributed by atoms with Crippen molar-refractivity contribution < 1.29 is 4.79 Å². The molecule has 0 N–H and O–H groups in total. The van der Waals surface area contributed by atoms with Gasteiger partial charge in [-0.15, -0.1) is 0 Å². The Labute approximate surface area is 146 Å². The Kier molecular flexibility index (Phi) is 8.52. The third-order valence-corrected chi connectivity index (χ3v) is 4.94. The second-order valence-corrected chi connectivity index (χ2v) is 7.13. The predicted molar refractivity (Wildman–Crippen MR) is 97.9 cm³/mol. The molecular weight excluding hydrogens is 306 g/mol. The van der Waals surface area contributed by atoms with Crippen LogP contribution >= 0.6 is 11.6 Å². The molecule has 0 atom stereocenters. The van der Waals surface area contributed by atoms with Crippen LogP contribution in [0.25, 0.3) is 0 Å². The fourth-order valence-corrected chi connectivity index (χ4v) is 3.52. The van der Waals surface area contributed by atoms with Crippen molar-refractivity contribution in [3.8, 4) is 0 Å². The Morgan fingerprint density at radius 1 is 0.957 bits per heavy atom. The number of aryl methyl sites for hydroxylation is 1. The van der Waals surface area contributed by atoms with Crippen LogP contribution in [0.4, 0.5) is 0 Å². The van der Waals surface area contributed by atoms with Gasteiger partial charge < -0.3 is 4.90 Å². The van der Waals surface area contributed by atoms with Crippen molar-refractivity contribution in [2.75, 3.05) is 13.1 Å². The standard InChI is InChI=1S/C20H30ClNO/c21-19-13-10-12-18(17-19)11-6-3-1-2-4-7-14-20(23)22-15-8-5-9-16-22/h10,12-13,17H,1-9,11,14-16H2. The number of nitrogens with zero attached hydrogens (tertiary/aromatic N) is 1. The first kappa shape index (κ1) is 18.3. The molecule has 1 fully saturated rings. The van der Waals surface area contributed by atoms with Crippen molar-refractivity contribution in [2.24, 2.45) is 0 Å². The van der Waals surface area contributed by atoms with E-state index >= 15 is 0 Å². The van der Waals surface area contributed by atoms with Gasteiger partial charge in [0.15, 0.2) is 0 Å². The number of carbonyl (C=O) groups excluding carboxylic acids is 1. The van der Waals surface area contributed by atoms with Gasteiger partial charge in [0.1, 0.15) is 0 Å². The van der Waals surface area contributed by atoms with Crippen LogP contribution in [0.3, 0.4) is 0 Å². The first-order valence-electron chi connectivity index (χ1n) is 9.28.